The highest BCUT2D eigenvalue weighted by Crippen LogP contribution is 2.34. The number of benzene rings is 2. The number of aromatic nitrogens is 2. The molecule has 2 N–H and O–H groups in total. The molecule has 0 saturated carbocycles. The van der Waals surface area contributed by atoms with Gasteiger partial charge in [-0.3, -0.25) is 0 Å². The van der Waals surface area contributed by atoms with E-state index in [1.165, 1.54) is 32.2 Å². The maximum absolute atomic E-state index is 13.2. The highest BCUT2D eigenvalue weighted by Gasteiger charge is 2.35. The van der Waals surface area contributed by atoms with Crippen LogP contribution >= 0.6 is 0 Å². The van der Waals surface area contributed by atoms with E-state index in [9.17, 15) is 21.6 Å². The van der Waals surface area contributed by atoms with Crippen molar-refractivity contribution in [3.8, 4) is 22.7 Å². The Morgan fingerprint density at radius 1 is 1.07 bits per heavy atom. The molecule has 10 heteroatoms. The lowest BCUT2D eigenvalue weighted by Gasteiger charge is -2.11. The summed E-state index contributed by atoms with van der Waals surface area (Å²) in [7, 11) is -2.46. The predicted octanol–water partition coefficient (Wildman–Crippen LogP) is 3.52. The molecule has 0 saturated heterocycles. The largest absolute Gasteiger partial charge is 0.497 e. The summed E-state index contributed by atoms with van der Waals surface area (Å²) >= 11 is 0. The first kappa shape index (κ1) is 19.9. The van der Waals surface area contributed by atoms with Gasteiger partial charge in [-0.15, -0.1) is 0 Å². The van der Waals surface area contributed by atoms with E-state index in [-0.39, 0.29) is 16.3 Å². The van der Waals surface area contributed by atoms with Crippen LogP contribution in [0.4, 0.5) is 13.2 Å². The Balaban J connectivity index is 2.19. The van der Waals surface area contributed by atoms with Gasteiger partial charge in [0.2, 0.25) is 10.0 Å². The van der Waals surface area contributed by atoms with Crippen LogP contribution in [0.1, 0.15) is 11.3 Å². The lowest BCUT2D eigenvalue weighted by Crippen LogP contribution is -2.14. The highest BCUT2D eigenvalue weighted by atomic mass is 32.2. The fraction of sp³-hybridized carbons (Fsp3) is 0.167. The number of nitrogens with two attached hydrogens (primary N) is 1. The number of sulfonamides is 1. The molecule has 3 rings (SSSR count). The molecule has 2 aromatic carbocycles. The zero-order valence-electron chi connectivity index (χ0n) is 14.9. The zero-order chi connectivity index (χ0) is 20.7. The van der Waals surface area contributed by atoms with E-state index in [0.717, 1.165) is 10.7 Å². The Morgan fingerprint density at radius 3 is 2.21 bits per heavy atom. The molecular weight excluding hydrogens is 395 g/mol. The molecule has 0 atom stereocenters. The van der Waals surface area contributed by atoms with E-state index in [1.807, 2.05) is 0 Å². The van der Waals surface area contributed by atoms with Crippen LogP contribution < -0.4 is 9.88 Å². The second kappa shape index (κ2) is 6.95. The van der Waals surface area contributed by atoms with Crippen LogP contribution in [0.5, 0.6) is 5.75 Å². The zero-order valence-corrected chi connectivity index (χ0v) is 15.7. The molecule has 28 heavy (non-hydrogen) atoms. The van der Waals surface area contributed by atoms with E-state index in [2.05, 4.69) is 5.10 Å². The molecule has 3 aromatic rings. The van der Waals surface area contributed by atoms with E-state index in [1.54, 1.807) is 24.3 Å². The average Bonchev–Trinajstić information content (AvgIpc) is 3.06. The molecule has 0 radical (unpaired) electrons. The summed E-state index contributed by atoms with van der Waals surface area (Å²) < 4.78 is 69.1. The van der Waals surface area contributed by atoms with E-state index in [4.69, 9.17) is 9.88 Å². The first-order chi connectivity index (χ1) is 13.0. The number of aryl methyl sites for hydroxylation is 1. The van der Waals surface area contributed by atoms with Gasteiger partial charge in [-0.1, -0.05) is 0 Å². The second-order valence-electron chi connectivity index (χ2n) is 6.05. The van der Waals surface area contributed by atoms with Crippen molar-refractivity contribution in [1.29, 1.82) is 0 Å². The predicted molar refractivity (Wildman–Crippen MR) is 96.7 cm³/mol. The van der Waals surface area contributed by atoms with Crippen molar-refractivity contribution in [2.24, 2.45) is 5.14 Å². The maximum atomic E-state index is 13.2. The second-order valence-corrected chi connectivity index (χ2v) is 7.58. The van der Waals surface area contributed by atoms with Gasteiger partial charge in [-0.2, -0.15) is 18.3 Å². The lowest BCUT2D eigenvalue weighted by molar-refractivity contribution is -0.141. The molecule has 0 bridgehead atoms. The molecule has 1 heterocycles. The Kier molecular flexibility index (Phi) is 4.94. The van der Waals surface area contributed by atoms with Crippen molar-refractivity contribution in [3.63, 3.8) is 0 Å². The van der Waals surface area contributed by atoms with Gasteiger partial charge in [0, 0.05) is 5.56 Å². The van der Waals surface area contributed by atoms with Crippen LogP contribution in [0.25, 0.3) is 16.9 Å². The number of methoxy groups -OCH3 is 1. The lowest BCUT2D eigenvalue weighted by atomic mass is 10.1. The molecule has 0 aliphatic rings. The normalized spacial score (nSPS) is 12.2. The van der Waals surface area contributed by atoms with Crippen LogP contribution in [0.3, 0.4) is 0 Å². The number of nitrogens with zero attached hydrogens (tertiary/aromatic N) is 2. The Labute approximate surface area is 159 Å². The molecule has 0 amide bonds. The standard InChI is InChI=1S/C18H16F3N3O3S/c1-11-9-13(5-8-16(11)28(22,25)26)24-15(10-17(23-24)18(19,20)21)12-3-6-14(27-2)7-4-12/h3-10H,1-2H3,(H2,22,25,26). The van der Waals surface area contributed by atoms with Crippen LogP contribution in [0, 0.1) is 6.92 Å². The Hall–Kier alpha value is -2.85. The van der Waals surface area contributed by atoms with Gasteiger partial charge in [0.15, 0.2) is 5.69 Å². The molecule has 0 aliphatic heterocycles. The summed E-state index contributed by atoms with van der Waals surface area (Å²) in [5, 5.41) is 8.83. The number of rotatable bonds is 4. The maximum Gasteiger partial charge on any atom is 0.435 e. The number of alkyl halides is 3. The first-order valence-electron chi connectivity index (χ1n) is 7.96. The van der Waals surface area contributed by atoms with Gasteiger partial charge in [-0.25, -0.2) is 18.2 Å². The summed E-state index contributed by atoms with van der Waals surface area (Å²) in [5.41, 5.74) is 0.178. The quantitative estimate of drug-likeness (QED) is 0.712. The Bertz CT molecular complexity index is 1120. The molecule has 148 valence electrons. The third-order valence-electron chi connectivity index (χ3n) is 4.10. The third-order valence-corrected chi connectivity index (χ3v) is 5.17. The van der Waals surface area contributed by atoms with Gasteiger partial charge in [0.05, 0.1) is 23.4 Å². The van der Waals surface area contributed by atoms with Crippen LogP contribution in [0.15, 0.2) is 53.4 Å². The Morgan fingerprint density at radius 2 is 1.71 bits per heavy atom. The SMILES string of the molecule is COc1ccc(-c2cc(C(F)(F)F)nn2-c2ccc(S(N)(=O)=O)c(C)c2)cc1. The fourth-order valence-corrected chi connectivity index (χ4v) is 3.53. The van der Waals surface area contributed by atoms with Crippen molar-refractivity contribution in [1.82, 2.24) is 9.78 Å². The number of hydrogen-bond acceptors (Lipinski definition) is 4. The van der Waals surface area contributed by atoms with Crippen LogP contribution in [-0.2, 0) is 16.2 Å². The van der Waals surface area contributed by atoms with E-state index in [0.29, 0.717) is 16.9 Å². The van der Waals surface area contributed by atoms with Crippen molar-refractivity contribution in [2.75, 3.05) is 7.11 Å². The first-order valence-corrected chi connectivity index (χ1v) is 9.51. The summed E-state index contributed by atoms with van der Waals surface area (Å²) in [6.07, 6.45) is -4.64. The van der Waals surface area contributed by atoms with E-state index >= 15 is 0 Å². The van der Waals surface area contributed by atoms with Crippen molar-refractivity contribution in [2.45, 2.75) is 18.0 Å². The van der Waals surface area contributed by atoms with Crippen LogP contribution in [0.2, 0.25) is 0 Å². The van der Waals surface area contributed by atoms with E-state index < -0.39 is 21.9 Å². The highest BCUT2D eigenvalue weighted by molar-refractivity contribution is 7.89. The monoisotopic (exact) mass is 411 g/mol. The smallest absolute Gasteiger partial charge is 0.435 e. The molecule has 1 aromatic heterocycles. The van der Waals surface area contributed by atoms with Crippen molar-refractivity contribution < 1.29 is 26.3 Å². The molecule has 0 unspecified atom stereocenters. The third kappa shape index (κ3) is 3.87. The molecule has 0 spiro atoms. The number of ether oxygens (including phenoxy) is 1. The van der Waals surface area contributed by atoms with Gasteiger partial charge in [-0.05, 0) is 61.0 Å². The molecule has 0 aliphatic carbocycles. The number of hydrogen-bond donors (Lipinski definition) is 1. The molecule has 0 fully saturated rings. The topological polar surface area (TPSA) is 87.2 Å². The number of halogens is 3. The van der Waals surface area contributed by atoms with Crippen molar-refractivity contribution >= 4 is 10.0 Å². The molecular formula is C18H16F3N3O3S. The summed E-state index contributed by atoms with van der Waals surface area (Å²) in [6, 6.07) is 11.4. The van der Waals surface area contributed by atoms with Crippen LogP contribution in [-0.4, -0.2) is 25.3 Å². The van der Waals surface area contributed by atoms with Gasteiger partial charge >= 0.3 is 6.18 Å². The number of primary sulfonamides is 1. The summed E-state index contributed by atoms with van der Waals surface area (Å²) in [4.78, 5) is -0.106. The summed E-state index contributed by atoms with van der Waals surface area (Å²) in [6.45, 7) is 1.50. The van der Waals surface area contributed by atoms with Gasteiger partial charge in [0.25, 0.3) is 0 Å². The minimum Gasteiger partial charge on any atom is -0.497 e. The fourth-order valence-electron chi connectivity index (χ4n) is 2.77. The minimum atomic E-state index is -4.64. The van der Waals surface area contributed by atoms with Gasteiger partial charge in [0.1, 0.15) is 5.75 Å². The summed E-state index contributed by atoms with van der Waals surface area (Å²) in [5.74, 6) is 0.555. The van der Waals surface area contributed by atoms with Gasteiger partial charge < -0.3 is 4.74 Å². The van der Waals surface area contributed by atoms with Crippen molar-refractivity contribution in [3.05, 3.63) is 59.8 Å². The molecule has 6 nitrogen and oxygen atoms in total. The minimum absolute atomic E-state index is 0.106. The average molecular weight is 411 g/mol.